The summed E-state index contributed by atoms with van der Waals surface area (Å²) in [4.78, 5) is 10.1. The molecule has 1 N–H and O–H groups in total. The van der Waals surface area contributed by atoms with E-state index in [2.05, 4.69) is 10.2 Å². The van der Waals surface area contributed by atoms with E-state index in [1.807, 2.05) is 0 Å². The normalized spacial score (nSPS) is 10.2. The molecule has 0 radical (unpaired) electrons. The van der Waals surface area contributed by atoms with Gasteiger partial charge >= 0.3 is 5.97 Å². The van der Waals surface area contributed by atoms with E-state index >= 15 is 0 Å². The number of carboxylic acids is 1. The number of carbonyl (C=O) groups is 1. The highest BCUT2D eigenvalue weighted by molar-refractivity contribution is 5.84. The largest absolute Gasteiger partial charge is 0.480 e. The summed E-state index contributed by atoms with van der Waals surface area (Å²) in [7, 11) is 1.48. The van der Waals surface area contributed by atoms with E-state index in [4.69, 9.17) is 9.84 Å². The molecule has 1 aromatic heterocycles. The van der Waals surface area contributed by atoms with Crippen molar-refractivity contribution in [3.63, 3.8) is 0 Å². The molecule has 0 aromatic carbocycles. The Bertz CT molecular complexity index is 319. The molecule has 1 heterocycles. The average Bonchev–Trinajstić information content (AvgIpc) is 2.15. The fourth-order valence-electron chi connectivity index (χ4n) is 0.685. The first-order chi connectivity index (χ1) is 6.22. The molecule has 5 heteroatoms. The van der Waals surface area contributed by atoms with E-state index < -0.39 is 5.97 Å². The number of aliphatic carboxylic acids is 1. The zero-order chi connectivity index (χ0) is 9.68. The van der Waals surface area contributed by atoms with Crippen molar-refractivity contribution in [1.29, 1.82) is 0 Å². The van der Waals surface area contributed by atoms with Gasteiger partial charge in [-0.3, -0.25) is 0 Å². The zero-order valence-electron chi connectivity index (χ0n) is 6.97. The van der Waals surface area contributed by atoms with Crippen molar-refractivity contribution in [3.05, 3.63) is 23.9 Å². The monoisotopic (exact) mass is 180 g/mol. The lowest BCUT2D eigenvalue weighted by Crippen LogP contribution is -1.92. The maximum absolute atomic E-state index is 10.1. The van der Waals surface area contributed by atoms with Crippen LogP contribution < -0.4 is 4.74 Å². The van der Waals surface area contributed by atoms with Crippen molar-refractivity contribution in [2.24, 2.45) is 0 Å². The first kappa shape index (κ1) is 9.18. The molecule has 0 bridgehead atoms. The lowest BCUT2D eigenvalue weighted by atomic mass is 10.3. The molecule has 0 aliphatic heterocycles. The minimum absolute atomic E-state index is 0.396. The third-order valence-electron chi connectivity index (χ3n) is 1.27. The Morgan fingerprint density at radius 1 is 1.54 bits per heavy atom. The molecule has 0 atom stereocenters. The molecule has 68 valence electrons. The number of nitrogens with zero attached hydrogens (tertiary/aromatic N) is 2. The summed E-state index contributed by atoms with van der Waals surface area (Å²) in [5.74, 6) is -0.620. The van der Waals surface area contributed by atoms with Crippen LogP contribution in [0.1, 0.15) is 5.69 Å². The molecule has 0 aliphatic rings. The maximum atomic E-state index is 10.1. The van der Waals surface area contributed by atoms with Crippen LogP contribution in [0.2, 0.25) is 0 Å². The first-order valence-electron chi connectivity index (χ1n) is 3.51. The highest BCUT2D eigenvalue weighted by Gasteiger charge is 1.93. The molecule has 1 aromatic rings. The molecule has 0 saturated carbocycles. The Morgan fingerprint density at radius 3 is 2.77 bits per heavy atom. The Labute approximate surface area is 74.7 Å². The van der Waals surface area contributed by atoms with Gasteiger partial charge in [0.25, 0.3) is 0 Å². The fraction of sp³-hybridized carbons (Fsp3) is 0.125. The number of carboxylic acid groups (broad SMARTS) is 1. The fourth-order valence-corrected chi connectivity index (χ4v) is 0.685. The summed E-state index contributed by atoms with van der Waals surface area (Å²) in [6, 6.07) is 3.22. The van der Waals surface area contributed by atoms with Gasteiger partial charge in [-0.25, -0.2) is 4.79 Å². The van der Waals surface area contributed by atoms with Gasteiger partial charge in [-0.05, 0) is 12.1 Å². The summed E-state index contributed by atoms with van der Waals surface area (Å²) in [6.07, 6.45) is 2.35. The summed E-state index contributed by atoms with van der Waals surface area (Å²) in [5.41, 5.74) is 0.475. The SMILES string of the molecule is COc1ccc(C=CC(=O)O)nn1. The van der Waals surface area contributed by atoms with E-state index in [1.54, 1.807) is 12.1 Å². The van der Waals surface area contributed by atoms with Crippen molar-refractivity contribution in [3.8, 4) is 5.88 Å². The summed E-state index contributed by atoms with van der Waals surface area (Å²) in [5, 5.41) is 15.7. The van der Waals surface area contributed by atoms with Gasteiger partial charge < -0.3 is 9.84 Å². The van der Waals surface area contributed by atoms with E-state index in [0.29, 0.717) is 11.6 Å². The van der Waals surface area contributed by atoms with Gasteiger partial charge in [-0.15, -0.1) is 10.2 Å². The third-order valence-corrected chi connectivity index (χ3v) is 1.27. The van der Waals surface area contributed by atoms with E-state index in [-0.39, 0.29) is 0 Å². The van der Waals surface area contributed by atoms with Gasteiger partial charge in [0.2, 0.25) is 5.88 Å². The second kappa shape index (κ2) is 4.20. The van der Waals surface area contributed by atoms with Gasteiger partial charge in [0, 0.05) is 12.1 Å². The van der Waals surface area contributed by atoms with Gasteiger partial charge in [0.1, 0.15) is 0 Å². The minimum atomic E-state index is -1.02. The van der Waals surface area contributed by atoms with Gasteiger partial charge in [0.05, 0.1) is 12.8 Å². The Kier molecular flexibility index (Phi) is 2.97. The maximum Gasteiger partial charge on any atom is 0.328 e. The molecular formula is C8H8N2O3. The zero-order valence-corrected chi connectivity index (χ0v) is 6.97. The predicted molar refractivity (Wildman–Crippen MR) is 45.3 cm³/mol. The lowest BCUT2D eigenvalue weighted by molar-refractivity contribution is -0.131. The standard InChI is InChI=1S/C8H8N2O3/c1-13-7-4-2-6(9-10-7)3-5-8(11)12/h2-5H,1H3,(H,11,12). The smallest absolute Gasteiger partial charge is 0.328 e. The van der Waals surface area contributed by atoms with E-state index in [9.17, 15) is 4.79 Å². The molecule has 0 amide bonds. The van der Waals surface area contributed by atoms with Crippen LogP contribution in [0.3, 0.4) is 0 Å². The Hall–Kier alpha value is -1.91. The molecule has 0 fully saturated rings. The van der Waals surface area contributed by atoms with Crippen LogP contribution in [0.15, 0.2) is 18.2 Å². The van der Waals surface area contributed by atoms with E-state index in [0.717, 1.165) is 6.08 Å². The van der Waals surface area contributed by atoms with Gasteiger partial charge in [-0.2, -0.15) is 0 Å². The number of aromatic nitrogens is 2. The van der Waals surface area contributed by atoms with Crippen LogP contribution in [-0.2, 0) is 4.79 Å². The summed E-state index contributed by atoms with van der Waals surface area (Å²) in [6.45, 7) is 0. The molecule has 13 heavy (non-hydrogen) atoms. The topological polar surface area (TPSA) is 72.3 Å². The summed E-state index contributed by atoms with van der Waals surface area (Å²) >= 11 is 0. The molecule has 0 aliphatic carbocycles. The van der Waals surface area contributed by atoms with Gasteiger partial charge in [0.15, 0.2) is 0 Å². The van der Waals surface area contributed by atoms with Crippen molar-refractivity contribution in [2.45, 2.75) is 0 Å². The van der Waals surface area contributed by atoms with Crippen molar-refractivity contribution < 1.29 is 14.6 Å². The molecule has 1 rings (SSSR count). The van der Waals surface area contributed by atoms with Crippen LogP contribution in [0.4, 0.5) is 0 Å². The van der Waals surface area contributed by atoms with Crippen molar-refractivity contribution in [1.82, 2.24) is 10.2 Å². The summed E-state index contributed by atoms with van der Waals surface area (Å²) < 4.78 is 4.78. The van der Waals surface area contributed by atoms with Crippen LogP contribution in [0.25, 0.3) is 6.08 Å². The molecule has 0 saturated heterocycles. The average molecular weight is 180 g/mol. The molecule has 0 spiro atoms. The Balaban J connectivity index is 2.75. The Morgan fingerprint density at radius 2 is 2.31 bits per heavy atom. The lowest BCUT2D eigenvalue weighted by Gasteiger charge is -1.95. The predicted octanol–water partition coefficient (Wildman–Crippen LogP) is 0.583. The number of hydrogen-bond acceptors (Lipinski definition) is 4. The van der Waals surface area contributed by atoms with Crippen LogP contribution in [-0.4, -0.2) is 28.4 Å². The van der Waals surface area contributed by atoms with E-state index in [1.165, 1.54) is 13.2 Å². The second-order valence-electron chi connectivity index (χ2n) is 2.17. The number of methoxy groups -OCH3 is 1. The van der Waals surface area contributed by atoms with Gasteiger partial charge in [-0.1, -0.05) is 0 Å². The second-order valence-corrected chi connectivity index (χ2v) is 2.17. The van der Waals surface area contributed by atoms with Crippen LogP contribution >= 0.6 is 0 Å². The number of ether oxygens (including phenoxy) is 1. The van der Waals surface area contributed by atoms with Crippen LogP contribution in [0.5, 0.6) is 5.88 Å². The quantitative estimate of drug-likeness (QED) is 0.689. The number of rotatable bonds is 3. The number of hydrogen-bond donors (Lipinski definition) is 1. The highest BCUT2D eigenvalue weighted by Crippen LogP contribution is 2.04. The third kappa shape index (κ3) is 2.90. The molecule has 0 unspecified atom stereocenters. The molecule has 5 nitrogen and oxygen atoms in total. The highest BCUT2D eigenvalue weighted by atomic mass is 16.5. The molecular weight excluding hydrogens is 172 g/mol. The van der Waals surface area contributed by atoms with Crippen molar-refractivity contribution in [2.75, 3.05) is 7.11 Å². The minimum Gasteiger partial charge on any atom is -0.480 e. The first-order valence-corrected chi connectivity index (χ1v) is 3.51. The van der Waals surface area contributed by atoms with Crippen LogP contribution in [0, 0.1) is 0 Å². The van der Waals surface area contributed by atoms with Crippen molar-refractivity contribution >= 4 is 12.0 Å².